The predicted molar refractivity (Wildman–Crippen MR) is 137 cm³/mol. The van der Waals surface area contributed by atoms with Crippen LogP contribution in [0.2, 0.25) is 0 Å². The van der Waals surface area contributed by atoms with E-state index in [9.17, 15) is 18.0 Å². The molecule has 186 valence electrons. The number of alkyl halides is 3. The van der Waals surface area contributed by atoms with E-state index in [0.29, 0.717) is 10.9 Å². The highest BCUT2D eigenvalue weighted by atomic mass is 19.4. The van der Waals surface area contributed by atoms with Crippen LogP contribution < -0.4 is 5.56 Å². The molecule has 6 nitrogen and oxygen atoms in total. The zero-order chi connectivity index (χ0) is 26.3. The third-order valence-corrected chi connectivity index (χ3v) is 6.11. The van der Waals surface area contributed by atoms with Crippen LogP contribution in [-0.4, -0.2) is 25.4 Å². The lowest BCUT2D eigenvalue weighted by Gasteiger charge is -2.12. The van der Waals surface area contributed by atoms with Crippen LogP contribution in [-0.2, 0) is 6.18 Å². The predicted octanol–water partition coefficient (Wildman–Crippen LogP) is 6.08. The summed E-state index contributed by atoms with van der Waals surface area (Å²) in [6.45, 7) is 5.83. The summed E-state index contributed by atoms with van der Waals surface area (Å²) < 4.78 is 43.3. The number of benzene rings is 2. The van der Waals surface area contributed by atoms with Crippen LogP contribution in [0.5, 0.6) is 0 Å². The third-order valence-electron chi connectivity index (χ3n) is 6.11. The van der Waals surface area contributed by atoms with Crippen LogP contribution in [0.25, 0.3) is 28.1 Å². The van der Waals surface area contributed by atoms with Crippen LogP contribution in [0.1, 0.15) is 28.1 Å². The molecule has 0 unspecified atom stereocenters. The molecule has 5 rings (SSSR count). The van der Waals surface area contributed by atoms with Crippen molar-refractivity contribution in [2.75, 3.05) is 0 Å². The number of nitrogens with zero attached hydrogens (tertiary/aromatic N) is 5. The molecule has 3 heterocycles. The smallest absolute Gasteiger partial charge is 0.303 e. The molecule has 2 aromatic carbocycles. The van der Waals surface area contributed by atoms with E-state index >= 15 is 0 Å². The van der Waals surface area contributed by atoms with Crippen molar-refractivity contribution in [3.05, 3.63) is 111 Å². The second-order valence-electron chi connectivity index (χ2n) is 8.75. The number of hydrogen-bond acceptors (Lipinski definition) is 4. The van der Waals surface area contributed by atoms with E-state index in [1.807, 2.05) is 43.5 Å². The molecule has 0 bridgehead atoms. The van der Waals surface area contributed by atoms with Gasteiger partial charge in [-0.3, -0.25) is 4.79 Å². The molecule has 0 saturated carbocycles. The highest BCUT2D eigenvalue weighted by molar-refractivity contribution is 5.83. The molecule has 0 aliphatic rings. The molecule has 0 aliphatic heterocycles. The second kappa shape index (κ2) is 9.16. The summed E-state index contributed by atoms with van der Waals surface area (Å²) in [5.74, 6) is 0.768. The van der Waals surface area contributed by atoms with Gasteiger partial charge in [0.25, 0.3) is 5.56 Å². The average molecular weight is 502 g/mol. The lowest BCUT2D eigenvalue weighted by molar-refractivity contribution is -0.137. The molecule has 0 fully saturated rings. The Kier molecular flexibility index (Phi) is 5.99. The van der Waals surface area contributed by atoms with E-state index in [4.69, 9.17) is 0 Å². The van der Waals surface area contributed by atoms with Crippen molar-refractivity contribution in [3.8, 4) is 17.2 Å². The number of fused-ring (bicyclic) bond motifs is 1. The summed E-state index contributed by atoms with van der Waals surface area (Å²) in [6.07, 6.45) is -1.29. The number of hydrogen-bond donors (Lipinski definition) is 0. The zero-order valence-electron chi connectivity index (χ0n) is 20.3. The van der Waals surface area contributed by atoms with Gasteiger partial charge in [-0.25, -0.2) is 9.97 Å². The van der Waals surface area contributed by atoms with Gasteiger partial charge in [-0.2, -0.15) is 22.9 Å². The first-order valence-corrected chi connectivity index (χ1v) is 11.5. The van der Waals surface area contributed by atoms with Gasteiger partial charge < -0.3 is 4.57 Å². The molecule has 9 heteroatoms. The maximum Gasteiger partial charge on any atom is 0.416 e. The molecule has 0 amide bonds. The van der Waals surface area contributed by atoms with E-state index in [1.54, 1.807) is 30.5 Å². The first-order chi connectivity index (χ1) is 17.6. The van der Waals surface area contributed by atoms with Gasteiger partial charge in [0, 0.05) is 28.7 Å². The number of pyridine rings is 1. The molecule has 0 radical (unpaired) electrons. The van der Waals surface area contributed by atoms with Gasteiger partial charge in [0.05, 0.1) is 22.7 Å². The van der Waals surface area contributed by atoms with Crippen LogP contribution in [0.3, 0.4) is 0 Å². The standard InChI is InChI=1S/C28H22F3N5O/c1-17-11-12-32-25(13-17)35-18(2)14-21(19(35)3)16-33-36-26(20-7-6-8-22(15-20)28(29,30)31)34-24-10-5-4-9-23(24)27(36)37/h4-16H,1-3H3. The molecular weight excluding hydrogens is 479 g/mol. The average Bonchev–Trinajstić information content (AvgIpc) is 3.15. The molecule has 0 N–H and O–H groups in total. The fraction of sp³-hybridized carbons (Fsp3) is 0.143. The Bertz CT molecular complexity index is 1730. The van der Waals surface area contributed by atoms with Crippen molar-refractivity contribution in [2.24, 2.45) is 5.10 Å². The molecule has 37 heavy (non-hydrogen) atoms. The summed E-state index contributed by atoms with van der Waals surface area (Å²) in [5, 5.41) is 4.73. The van der Waals surface area contributed by atoms with Crippen LogP contribution in [0.4, 0.5) is 13.2 Å². The Labute approximate surface area is 210 Å². The van der Waals surface area contributed by atoms with Gasteiger partial charge in [-0.15, -0.1) is 0 Å². The maximum atomic E-state index is 13.4. The van der Waals surface area contributed by atoms with Gasteiger partial charge in [-0.05, 0) is 68.8 Å². The van der Waals surface area contributed by atoms with Gasteiger partial charge in [0.1, 0.15) is 5.82 Å². The Morgan fingerprint density at radius 2 is 1.73 bits per heavy atom. The summed E-state index contributed by atoms with van der Waals surface area (Å²) in [6, 6.07) is 17.2. The minimum absolute atomic E-state index is 0.0141. The van der Waals surface area contributed by atoms with Crippen LogP contribution in [0, 0.1) is 20.8 Å². The summed E-state index contributed by atoms with van der Waals surface area (Å²) in [5.41, 5.74) is 2.74. The third kappa shape index (κ3) is 4.55. The fourth-order valence-electron chi connectivity index (χ4n) is 4.29. The monoisotopic (exact) mass is 501 g/mol. The highest BCUT2D eigenvalue weighted by Gasteiger charge is 2.31. The summed E-state index contributed by atoms with van der Waals surface area (Å²) in [7, 11) is 0. The fourth-order valence-corrected chi connectivity index (χ4v) is 4.29. The van der Waals surface area contributed by atoms with E-state index < -0.39 is 17.3 Å². The number of rotatable bonds is 4. The van der Waals surface area contributed by atoms with Crippen LogP contribution >= 0.6 is 0 Å². The second-order valence-corrected chi connectivity index (χ2v) is 8.75. The first kappa shape index (κ1) is 24.2. The van der Waals surface area contributed by atoms with Crippen molar-refractivity contribution in [1.29, 1.82) is 0 Å². The zero-order valence-corrected chi connectivity index (χ0v) is 20.3. The minimum Gasteiger partial charge on any atom is -0.303 e. The number of halogens is 3. The first-order valence-electron chi connectivity index (χ1n) is 11.5. The number of para-hydroxylation sites is 1. The van der Waals surface area contributed by atoms with Gasteiger partial charge in [0.15, 0.2) is 5.82 Å². The van der Waals surface area contributed by atoms with Crippen molar-refractivity contribution in [1.82, 2.24) is 19.2 Å². The molecule has 0 atom stereocenters. The molecule has 5 aromatic rings. The molecule has 0 spiro atoms. The van der Waals surface area contributed by atoms with Crippen molar-refractivity contribution in [3.63, 3.8) is 0 Å². The number of aryl methyl sites for hydroxylation is 2. The quantitative estimate of drug-likeness (QED) is 0.281. The van der Waals surface area contributed by atoms with Crippen LogP contribution in [0.15, 0.2) is 82.8 Å². The minimum atomic E-state index is -4.54. The lowest BCUT2D eigenvalue weighted by Crippen LogP contribution is -2.20. The van der Waals surface area contributed by atoms with E-state index in [0.717, 1.165) is 45.1 Å². The summed E-state index contributed by atoms with van der Waals surface area (Å²) >= 11 is 0. The Morgan fingerprint density at radius 1 is 0.946 bits per heavy atom. The largest absolute Gasteiger partial charge is 0.416 e. The van der Waals surface area contributed by atoms with Crippen molar-refractivity contribution >= 4 is 17.1 Å². The topological polar surface area (TPSA) is 65.1 Å². The highest BCUT2D eigenvalue weighted by Crippen LogP contribution is 2.32. The maximum absolute atomic E-state index is 13.4. The summed E-state index contributed by atoms with van der Waals surface area (Å²) in [4.78, 5) is 22.4. The number of aromatic nitrogens is 4. The van der Waals surface area contributed by atoms with Crippen molar-refractivity contribution in [2.45, 2.75) is 26.9 Å². The molecular formula is C28H22F3N5O. The molecule has 0 saturated heterocycles. The van der Waals surface area contributed by atoms with E-state index in [1.165, 1.54) is 18.3 Å². The van der Waals surface area contributed by atoms with Gasteiger partial charge in [-0.1, -0.05) is 24.3 Å². The molecule has 0 aliphatic carbocycles. The lowest BCUT2D eigenvalue weighted by atomic mass is 10.1. The Hall–Kier alpha value is -4.53. The Morgan fingerprint density at radius 3 is 2.49 bits per heavy atom. The molecule has 3 aromatic heterocycles. The normalized spacial score (nSPS) is 12.1. The van der Waals surface area contributed by atoms with E-state index in [2.05, 4.69) is 15.1 Å². The Balaban J connectivity index is 1.67. The van der Waals surface area contributed by atoms with Gasteiger partial charge >= 0.3 is 6.18 Å². The van der Waals surface area contributed by atoms with Gasteiger partial charge in [0.2, 0.25) is 0 Å². The SMILES string of the molecule is Cc1ccnc(-n2c(C)cc(C=Nn3c(-c4cccc(C(F)(F)F)c4)nc4ccccc4c3=O)c2C)c1. The van der Waals surface area contributed by atoms with E-state index in [-0.39, 0.29) is 11.4 Å². The van der Waals surface area contributed by atoms with Crippen molar-refractivity contribution < 1.29 is 13.2 Å².